The summed E-state index contributed by atoms with van der Waals surface area (Å²) in [5, 5.41) is 8.91. The van der Waals surface area contributed by atoms with Gasteiger partial charge in [-0.3, -0.25) is 4.79 Å². The predicted octanol–water partition coefficient (Wildman–Crippen LogP) is 2.62. The molecule has 6 heteroatoms. The summed E-state index contributed by atoms with van der Waals surface area (Å²) >= 11 is 1.66. The number of alkyl halides is 2. The van der Waals surface area contributed by atoms with Gasteiger partial charge in [0.1, 0.15) is 0 Å². The average Bonchev–Trinajstić information content (AvgIpc) is 2.75. The van der Waals surface area contributed by atoms with E-state index in [2.05, 4.69) is 0 Å². The molecule has 1 aliphatic heterocycles. The lowest BCUT2D eigenvalue weighted by atomic mass is 10.0. The molecule has 0 aliphatic carbocycles. The third-order valence-corrected chi connectivity index (χ3v) is 4.21. The number of carbonyl (C=O) groups is 1. The Morgan fingerprint density at radius 3 is 2.80 bits per heavy atom. The third-order valence-electron chi connectivity index (χ3n) is 3.16. The van der Waals surface area contributed by atoms with Crippen LogP contribution in [0.4, 0.5) is 8.78 Å². The molecule has 2 rings (SSSR count). The van der Waals surface area contributed by atoms with Crippen molar-refractivity contribution in [3.63, 3.8) is 0 Å². The van der Waals surface area contributed by atoms with Crippen LogP contribution in [0.5, 0.6) is 0 Å². The van der Waals surface area contributed by atoms with Crippen LogP contribution in [0.1, 0.15) is 17.5 Å². The lowest BCUT2D eigenvalue weighted by Crippen LogP contribution is -2.43. The van der Waals surface area contributed by atoms with Gasteiger partial charge in [-0.05, 0) is 18.2 Å². The molecule has 0 aromatic heterocycles. The largest absolute Gasteiger partial charge is 0.351 e. The van der Waals surface area contributed by atoms with Crippen molar-refractivity contribution < 1.29 is 13.6 Å². The molecule has 0 atom stereocenters. The lowest BCUT2D eigenvalue weighted by Gasteiger charge is -2.26. The van der Waals surface area contributed by atoms with Gasteiger partial charge >= 0.3 is 5.92 Å². The first-order valence-corrected chi connectivity index (χ1v) is 7.47. The number of hydrogen-bond acceptors (Lipinski definition) is 3. The number of nitriles is 1. The molecule has 0 N–H and O–H groups in total. The summed E-state index contributed by atoms with van der Waals surface area (Å²) in [6.45, 7) is 0.671. The fourth-order valence-electron chi connectivity index (χ4n) is 2.12. The Morgan fingerprint density at radius 1 is 1.30 bits per heavy atom. The first kappa shape index (κ1) is 14.8. The monoisotopic (exact) mass is 296 g/mol. The maximum atomic E-state index is 14.4. The summed E-state index contributed by atoms with van der Waals surface area (Å²) in [6, 6.07) is 7.08. The van der Waals surface area contributed by atoms with Crippen LogP contribution in [-0.4, -0.2) is 35.4 Å². The molecule has 0 spiro atoms. The smallest absolute Gasteiger partial charge is 0.336 e. The molecule has 3 nitrogen and oxygen atoms in total. The van der Waals surface area contributed by atoms with Gasteiger partial charge in [0.25, 0.3) is 5.91 Å². The number of halogens is 2. The molecule has 1 heterocycles. The molecule has 0 bridgehead atoms. The highest BCUT2D eigenvalue weighted by Gasteiger charge is 2.45. The van der Waals surface area contributed by atoms with Gasteiger partial charge in [-0.1, -0.05) is 18.2 Å². The van der Waals surface area contributed by atoms with Crippen molar-refractivity contribution in [3.8, 4) is 6.07 Å². The zero-order chi connectivity index (χ0) is 14.6. The van der Waals surface area contributed by atoms with Crippen molar-refractivity contribution >= 4 is 17.7 Å². The number of rotatable bonds is 2. The second-order valence-electron chi connectivity index (χ2n) is 4.49. The van der Waals surface area contributed by atoms with Gasteiger partial charge < -0.3 is 4.90 Å². The van der Waals surface area contributed by atoms with Crippen LogP contribution >= 0.6 is 11.8 Å². The lowest BCUT2D eigenvalue weighted by molar-refractivity contribution is -0.158. The second-order valence-corrected chi connectivity index (χ2v) is 5.71. The third kappa shape index (κ3) is 2.93. The van der Waals surface area contributed by atoms with Crippen molar-refractivity contribution in [1.82, 2.24) is 4.90 Å². The molecule has 1 fully saturated rings. The Balaban J connectivity index is 2.29. The van der Waals surface area contributed by atoms with E-state index in [9.17, 15) is 13.6 Å². The Labute approximate surface area is 120 Å². The number of benzene rings is 1. The first-order valence-electron chi connectivity index (χ1n) is 6.32. The van der Waals surface area contributed by atoms with Gasteiger partial charge in [0.05, 0.1) is 11.6 Å². The molecule has 1 aliphatic rings. The SMILES string of the molecule is N#Cc1ccccc1C(F)(F)C(=O)N1CCCSCC1. The van der Waals surface area contributed by atoms with Gasteiger partial charge in [-0.2, -0.15) is 25.8 Å². The van der Waals surface area contributed by atoms with Crippen LogP contribution < -0.4 is 0 Å². The van der Waals surface area contributed by atoms with Gasteiger partial charge in [0.15, 0.2) is 0 Å². The Morgan fingerprint density at radius 2 is 2.05 bits per heavy atom. The molecule has 0 unspecified atom stereocenters. The van der Waals surface area contributed by atoms with E-state index in [1.54, 1.807) is 17.8 Å². The molecular formula is C14H14F2N2OS. The van der Waals surface area contributed by atoms with E-state index in [4.69, 9.17) is 5.26 Å². The molecule has 0 saturated carbocycles. The number of amides is 1. The Hall–Kier alpha value is -1.61. The van der Waals surface area contributed by atoms with Crippen LogP contribution in [0.15, 0.2) is 24.3 Å². The molecule has 20 heavy (non-hydrogen) atoms. The van der Waals surface area contributed by atoms with E-state index >= 15 is 0 Å². The fourth-order valence-corrected chi connectivity index (χ4v) is 3.00. The molecule has 1 amide bonds. The molecule has 0 radical (unpaired) electrons. The maximum Gasteiger partial charge on any atom is 0.351 e. The van der Waals surface area contributed by atoms with Crippen molar-refractivity contribution in [3.05, 3.63) is 35.4 Å². The molecular weight excluding hydrogens is 282 g/mol. The summed E-state index contributed by atoms with van der Waals surface area (Å²) in [5.41, 5.74) is -0.667. The Bertz CT molecular complexity index is 534. The standard InChI is InChI=1S/C14H14F2N2OS/c15-14(16,12-5-2-1-4-11(12)10-17)13(19)18-6-3-8-20-9-7-18/h1-2,4-5H,3,6-9H2. The predicted molar refractivity (Wildman–Crippen MR) is 73.6 cm³/mol. The van der Waals surface area contributed by atoms with Crippen LogP contribution in [0.25, 0.3) is 0 Å². The van der Waals surface area contributed by atoms with Crippen molar-refractivity contribution in [2.45, 2.75) is 12.3 Å². The van der Waals surface area contributed by atoms with E-state index in [1.165, 1.54) is 23.1 Å². The summed E-state index contributed by atoms with van der Waals surface area (Å²) in [7, 11) is 0. The summed E-state index contributed by atoms with van der Waals surface area (Å²) in [6.07, 6.45) is 0.715. The van der Waals surface area contributed by atoms with Crippen molar-refractivity contribution in [2.24, 2.45) is 0 Å². The van der Waals surface area contributed by atoms with Gasteiger partial charge in [0, 0.05) is 24.4 Å². The highest BCUT2D eigenvalue weighted by molar-refractivity contribution is 7.99. The van der Waals surface area contributed by atoms with Crippen LogP contribution in [-0.2, 0) is 10.7 Å². The van der Waals surface area contributed by atoms with Gasteiger partial charge in [-0.25, -0.2) is 0 Å². The minimum Gasteiger partial charge on any atom is -0.336 e. The zero-order valence-electron chi connectivity index (χ0n) is 10.8. The zero-order valence-corrected chi connectivity index (χ0v) is 11.6. The quantitative estimate of drug-likeness (QED) is 0.842. The second kappa shape index (κ2) is 6.23. The summed E-state index contributed by atoms with van der Waals surface area (Å²) < 4.78 is 28.7. The average molecular weight is 296 g/mol. The van der Waals surface area contributed by atoms with Crippen LogP contribution in [0.2, 0.25) is 0 Å². The van der Waals surface area contributed by atoms with E-state index < -0.39 is 17.4 Å². The van der Waals surface area contributed by atoms with E-state index in [1.807, 2.05) is 0 Å². The number of hydrogen-bond donors (Lipinski definition) is 0. The highest BCUT2D eigenvalue weighted by Crippen LogP contribution is 2.33. The van der Waals surface area contributed by atoms with Crippen LogP contribution in [0.3, 0.4) is 0 Å². The van der Waals surface area contributed by atoms with Crippen molar-refractivity contribution in [2.75, 3.05) is 24.6 Å². The summed E-state index contributed by atoms with van der Waals surface area (Å²) in [5.74, 6) is -3.31. The highest BCUT2D eigenvalue weighted by atomic mass is 32.2. The fraction of sp³-hybridized carbons (Fsp3) is 0.429. The van der Waals surface area contributed by atoms with Crippen molar-refractivity contribution in [1.29, 1.82) is 5.26 Å². The maximum absolute atomic E-state index is 14.4. The van der Waals surface area contributed by atoms with Gasteiger partial charge in [-0.15, -0.1) is 0 Å². The Kier molecular flexibility index (Phi) is 4.61. The first-order chi connectivity index (χ1) is 9.57. The van der Waals surface area contributed by atoms with E-state index in [-0.39, 0.29) is 5.56 Å². The number of nitrogens with zero attached hydrogens (tertiary/aromatic N) is 2. The minimum absolute atomic E-state index is 0.157. The van der Waals surface area contributed by atoms with E-state index in [0.717, 1.165) is 11.8 Å². The topological polar surface area (TPSA) is 44.1 Å². The molecule has 1 saturated heterocycles. The summed E-state index contributed by atoms with van der Waals surface area (Å²) in [4.78, 5) is 13.3. The molecule has 1 aromatic carbocycles. The van der Waals surface area contributed by atoms with Gasteiger partial charge in [0.2, 0.25) is 0 Å². The molecule has 1 aromatic rings. The van der Waals surface area contributed by atoms with Crippen LogP contribution in [0, 0.1) is 11.3 Å². The van der Waals surface area contributed by atoms with E-state index in [0.29, 0.717) is 25.3 Å². The normalized spacial score (nSPS) is 16.4. The number of thioether (sulfide) groups is 1. The minimum atomic E-state index is -3.65. The number of carbonyl (C=O) groups excluding carboxylic acids is 1. The molecule has 106 valence electrons.